The number of ketones is 1. The number of carbonyl (C=O) groups excluding carboxylic acids is 1. The van der Waals surface area contributed by atoms with E-state index in [0.29, 0.717) is 11.7 Å². The highest BCUT2D eigenvalue weighted by Crippen LogP contribution is 2.30. The summed E-state index contributed by atoms with van der Waals surface area (Å²) >= 11 is 0. The third kappa shape index (κ3) is 3.11. The topological polar surface area (TPSA) is 37.3 Å². The van der Waals surface area contributed by atoms with Gasteiger partial charge in [-0.25, -0.2) is 0 Å². The van der Waals surface area contributed by atoms with Crippen molar-refractivity contribution in [1.29, 1.82) is 0 Å². The van der Waals surface area contributed by atoms with Crippen LogP contribution in [0.5, 0.6) is 0 Å². The molecule has 0 radical (unpaired) electrons. The smallest absolute Gasteiger partial charge is 0.136 e. The van der Waals surface area contributed by atoms with Crippen molar-refractivity contribution >= 4 is 5.78 Å². The molecule has 0 spiro atoms. The molecule has 2 nitrogen and oxygen atoms in total. The van der Waals surface area contributed by atoms with E-state index in [1.807, 2.05) is 6.92 Å². The summed E-state index contributed by atoms with van der Waals surface area (Å²) in [4.78, 5) is 11.5. The van der Waals surface area contributed by atoms with Gasteiger partial charge in [0.1, 0.15) is 5.78 Å². The molecule has 1 fully saturated rings. The van der Waals surface area contributed by atoms with Gasteiger partial charge in [-0.2, -0.15) is 0 Å². The van der Waals surface area contributed by atoms with Crippen LogP contribution in [-0.2, 0) is 4.79 Å². The molecule has 0 aromatic carbocycles. The summed E-state index contributed by atoms with van der Waals surface area (Å²) in [6, 6.07) is 0. The second kappa shape index (κ2) is 4.75. The van der Waals surface area contributed by atoms with E-state index in [-0.39, 0.29) is 18.4 Å². The molecule has 3 unspecified atom stereocenters. The van der Waals surface area contributed by atoms with E-state index in [1.165, 1.54) is 0 Å². The van der Waals surface area contributed by atoms with Crippen LogP contribution in [0.15, 0.2) is 0 Å². The van der Waals surface area contributed by atoms with Gasteiger partial charge in [0.2, 0.25) is 0 Å². The van der Waals surface area contributed by atoms with Crippen molar-refractivity contribution in [3.8, 4) is 0 Å². The number of hydrogen-bond donors (Lipinski definition) is 1. The Morgan fingerprint density at radius 3 is 2.92 bits per heavy atom. The average Bonchev–Trinajstić information content (AvgIpc) is 2.11. The Bertz CT molecular complexity index is 177. The molecule has 13 heavy (non-hydrogen) atoms. The maximum Gasteiger partial charge on any atom is 0.136 e. The summed E-state index contributed by atoms with van der Waals surface area (Å²) in [5.74, 6) is 1.61. The lowest BCUT2D eigenvalue weighted by atomic mass is 9.77. The molecule has 0 amide bonds. The van der Waals surface area contributed by atoms with Crippen molar-refractivity contribution in [2.24, 2.45) is 17.8 Å². The summed E-state index contributed by atoms with van der Waals surface area (Å²) in [6.45, 7) is 4.42. The van der Waals surface area contributed by atoms with E-state index in [0.717, 1.165) is 25.7 Å². The maximum absolute atomic E-state index is 11.5. The number of Topliss-reactive ketones (excluding diaryl/α,β-unsaturated/α-hetero) is 1. The van der Waals surface area contributed by atoms with Gasteiger partial charge in [-0.3, -0.25) is 4.79 Å². The van der Waals surface area contributed by atoms with Gasteiger partial charge in [0, 0.05) is 18.9 Å². The van der Waals surface area contributed by atoms with Gasteiger partial charge >= 0.3 is 0 Å². The first-order valence-electron chi connectivity index (χ1n) is 5.27. The molecule has 1 N–H and O–H groups in total. The largest absolute Gasteiger partial charge is 0.396 e. The highest BCUT2D eigenvalue weighted by atomic mass is 16.3. The third-order valence-electron chi connectivity index (χ3n) is 3.02. The summed E-state index contributed by atoms with van der Waals surface area (Å²) in [5, 5.41) is 8.91. The number of rotatable bonds is 3. The monoisotopic (exact) mass is 184 g/mol. The van der Waals surface area contributed by atoms with Crippen molar-refractivity contribution < 1.29 is 9.90 Å². The zero-order valence-electron chi connectivity index (χ0n) is 8.62. The predicted molar refractivity (Wildman–Crippen MR) is 52.4 cm³/mol. The second-order valence-corrected chi connectivity index (χ2v) is 4.57. The van der Waals surface area contributed by atoms with Gasteiger partial charge < -0.3 is 5.11 Å². The van der Waals surface area contributed by atoms with Crippen LogP contribution in [0.4, 0.5) is 0 Å². The van der Waals surface area contributed by atoms with E-state index >= 15 is 0 Å². The average molecular weight is 184 g/mol. The fourth-order valence-corrected chi connectivity index (χ4v) is 2.12. The van der Waals surface area contributed by atoms with Crippen molar-refractivity contribution in [1.82, 2.24) is 0 Å². The minimum Gasteiger partial charge on any atom is -0.396 e. The van der Waals surface area contributed by atoms with Gasteiger partial charge in [0.25, 0.3) is 0 Å². The molecule has 0 saturated heterocycles. The molecule has 2 heteroatoms. The molecular weight excluding hydrogens is 164 g/mol. The molecule has 0 aromatic heterocycles. The highest BCUT2D eigenvalue weighted by Gasteiger charge is 2.27. The Hall–Kier alpha value is -0.370. The maximum atomic E-state index is 11.5. The lowest BCUT2D eigenvalue weighted by Crippen LogP contribution is -2.25. The van der Waals surface area contributed by atoms with Crippen LogP contribution < -0.4 is 0 Å². The van der Waals surface area contributed by atoms with Crippen molar-refractivity contribution in [2.75, 3.05) is 6.61 Å². The molecule has 1 aliphatic rings. The number of hydrogen-bond acceptors (Lipinski definition) is 2. The summed E-state index contributed by atoms with van der Waals surface area (Å²) < 4.78 is 0. The Kier molecular flexibility index (Phi) is 3.91. The lowest BCUT2D eigenvalue weighted by molar-refractivity contribution is -0.126. The molecule has 1 rings (SSSR count). The fourth-order valence-electron chi connectivity index (χ4n) is 2.12. The van der Waals surface area contributed by atoms with E-state index < -0.39 is 0 Å². The second-order valence-electron chi connectivity index (χ2n) is 4.57. The van der Waals surface area contributed by atoms with Gasteiger partial charge in [0.05, 0.1) is 0 Å². The molecule has 76 valence electrons. The summed E-state index contributed by atoms with van der Waals surface area (Å²) in [7, 11) is 0. The number of aliphatic hydroxyl groups excluding tert-OH is 1. The van der Waals surface area contributed by atoms with Crippen LogP contribution in [0, 0.1) is 17.8 Å². The van der Waals surface area contributed by atoms with Crippen LogP contribution in [0.1, 0.15) is 39.5 Å². The normalized spacial score (nSPS) is 31.8. The molecule has 0 bridgehead atoms. The van der Waals surface area contributed by atoms with Crippen LogP contribution in [0.3, 0.4) is 0 Å². The zero-order chi connectivity index (χ0) is 9.84. The first-order valence-corrected chi connectivity index (χ1v) is 5.27. The van der Waals surface area contributed by atoms with Gasteiger partial charge in [-0.1, -0.05) is 13.8 Å². The molecule has 0 aromatic rings. The van der Waals surface area contributed by atoms with Crippen LogP contribution in [0.25, 0.3) is 0 Å². The third-order valence-corrected chi connectivity index (χ3v) is 3.02. The highest BCUT2D eigenvalue weighted by molar-refractivity contribution is 5.81. The number of carbonyl (C=O) groups is 1. The van der Waals surface area contributed by atoms with Gasteiger partial charge in [0.15, 0.2) is 0 Å². The van der Waals surface area contributed by atoms with Crippen molar-refractivity contribution in [3.05, 3.63) is 0 Å². The lowest BCUT2D eigenvalue weighted by Gasteiger charge is -2.27. The number of aliphatic hydroxyl groups is 1. The van der Waals surface area contributed by atoms with E-state index in [9.17, 15) is 4.79 Å². The molecule has 0 aliphatic heterocycles. The van der Waals surface area contributed by atoms with E-state index in [2.05, 4.69) is 6.92 Å². The first kappa shape index (κ1) is 10.7. The fraction of sp³-hybridized carbons (Fsp3) is 0.909. The standard InChI is InChI=1S/C11H20O2/c1-8-3-4-11(13)10(5-8)6-9(2)7-12/h8-10,12H,3-7H2,1-2H3. The molecular formula is C11H20O2. The zero-order valence-corrected chi connectivity index (χ0v) is 8.62. The first-order chi connectivity index (χ1) is 6.13. The van der Waals surface area contributed by atoms with Crippen LogP contribution >= 0.6 is 0 Å². The molecule has 1 aliphatic carbocycles. The SMILES string of the molecule is CC(CO)CC1CC(C)CCC1=O. The Morgan fingerprint density at radius 1 is 1.62 bits per heavy atom. The summed E-state index contributed by atoms with van der Waals surface area (Å²) in [6.07, 6.45) is 3.72. The minimum atomic E-state index is 0.207. The molecule has 0 heterocycles. The van der Waals surface area contributed by atoms with Gasteiger partial charge in [-0.05, 0) is 31.1 Å². The Morgan fingerprint density at radius 2 is 2.31 bits per heavy atom. The van der Waals surface area contributed by atoms with Gasteiger partial charge in [-0.15, -0.1) is 0 Å². The van der Waals surface area contributed by atoms with Crippen molar-refractivity contribution in [3.63, 3.8) is 0 Å². The van der Waals surface area contributed by atoms with E-state index in [1.54, 1.807) is 0 Å². The summed E-state index contributed by atoms with van der Waals surface area (Å²) in [5.41, 5.74) is 0. The minimum absolute atomic E-state index is 0.207. The molecule has 1 saturated carbocycles. The quantitative estimate of drug-likeness (QED) is 0.728. The molecule has 3 atom stereocenters. The Labute approximate surface area is 80.3 Å². The van der Waals surface area contributed by atoms with Crippen LogP contribution in [-0.4, -0.2) is 17.5 Å². The Balaban J connectivity index is 2.42. The van der Waals surface area contributed by atoms with Crippen molar-refractivity contribution in [2.45, 2.75) is 39.5 Å². The van der Waals surface area contributed by atoms with Crippen LogP contribution in [0.2, 0.25) is 0 Å². The van der Waals surface area contributed by atoms with E-state index in [4.69, 9.17) is 5.11 Å². The predicted octanol–water partition coefficient (Wildman–Crippen LogP) is 2.01.